The van der Waals surface area contributed by atoms with Gasteiger partial charge in [-0.25, -0.2) is 22.0 Å². The molecule has 0 bridgehead atoms. The topological polar surface area (TPSA) is 17.1 Å². The van der Waals surface area contributed by atoms with Gasteiger partial charge in [0.25, 0.3) is 0 Å². The third kappa shape index (κ3) is 2.55. The summed E-state index contributed by atoms with van der Waals surface area (Å²) in [5.41, 5.74) is -1.44. The van der Waals surface area contributed by atoms with Gasteiger partial charge in [0, 0.05) is 11.3 Å². The number of benzene rings is 1. The standard InChI is InChI=1S/C12H4ClF5OS/c13-6-2-1-4(20-6)3-5(19)7-8(14)10(16)12(18)11(17)9(7)15/h1-2H,3H2. The monoisotopic (exact) mass is 326 g/mol. The van der Waals surface area contributed by atoms with E-state index in [1.54, 1.807) is 0 Å². The van der Waals surface area contributed by atoms with Crippen LogP contribution in [0.3, 0.4) is 0 Å². The van der Waals surface area contributed by atoms with Crippen molar-refractivity contribution in [3.8, 4) is 0 Å². The summed E-state index contributed by atoms with van der Waals surface area (Å²) in [6.45, 7) is 0. The highest BCUT2D eigenvalue weighted by molar-refractivity contribution is 7.16. The molecule has 1 aromatic carbocycles. The number of Topliss-reactive ketones (excluding diaryl/α,β-unsaturated/α-hetero) is 1. The second kappa shape index (κ2) is 5.49. The fourth-order valence-corrected chi connectivity index (χ4v) is 2.63. The minimum atomic E-state index is -2.30. The van der Waals surface area contributed by atoms with E-state index in [9.17, 15) is 26.7 Å². The van der Waals surface area contributed by atoms with Crippen LogP contribution < -0.4 is 0 Å². The van der Waals surface area contributed by atoms with Crippen LogP contribution >= 0.6 is 22.9 Å². The Morgan fingerprint density at radius 1 is 0.950 bits per heavy atom. The van der Waals surface area contributed by atoms with E-state index in [4.69, 9.17) is 11.6 Å². The zero-order chi connectivity index (χ0) is 15.0. The van der Waals surface area contributed by atoms with Crippen LogP contribution in [0.15, 0.2) is 12.1 Å². The van der Waals surface area contributed by atoms with Gasteiger partial charge in [0.1, 0.15) is 0 Å². The molecule has 1 aromatic heterocycles. The van der Waals surface area contributed by atoms with Crippen molar-refractivity contribution in [3.63, 3.8) is 0 Å². The third-order valence-electron chi connectivity index (χ3n) is 2.45. The highest BCUT2D eigenvalue weighted by atomic mass is 35.5. The van der Waals surface area contributed by atoms with Crippen molar-refractivity contribution in [2.75, 3.05) is 0 Å². The van der Waals surface area contributed by atoms with E-state index in [1.807, 2.05) is 0 Å². The molecule has 1 heterocycles. The molecular formula is C12H4ClF5OS. The van der Waals surface area contributed by atoms with Crippen LogP contribution in [0, 0.1) is 29.1 Å². The fourth-order valence-electron chi connectivity index (χ4n) is 1.54. The molecule has 0 atom stereocenters. The first kappa shape index (κ1) is 14.9. The molecule has 0 aliphatic carbocycles. The van der Waals surface area contributed by atoms with Gasteiger partial charge in [0.2, 0.25) is 5.82 Å². The SMILES string of the molecule is O=C(Cc1ccc(Cl)s1)c1c(F)c(F)c(F)c(F)c1F. The van der Waals surface area contributed by atoms with Gasteiger partial charge in [-0.05, 0) is 12.1 Å². The molecule has 106 valence electrons. The van der Waals surface area contributed by atoms with Gasteiger partial charge in [-0.3, -0.25) is 4.79 Å². The lowest BCUT2D eigenvalue weighted by atomic mass is 10.1. The van der Waals surface area contributed by atoms with E-state index in [-0.39, 0.29) is 0 Å². The number of rotatable bonds is 3. The second-order valence-corrected chi connectivity index (χ2v) is 5.55. The van der Waals surface area contributed by atoms with Crippen LogP contribution in [0.2, 0.25) is 4.34 Å². The molecule has 8 heteroatoms. The quantitative estimate of drug-likeness (QED) is 0.351. The van der Waals surface area contributed by atoms with Crippen molar-refractivity contribution in [1.82, 2.24) is 0 Å². The van der Waals surface area contributed by atoms with Crippen LogP contribution in [-0.4, -0.2) is 5.78 Å². The average molecular weight is 327 g/mol. The van der Waals surface area contributed by atoms with E-state index in [1.165, 1.54) is 12.1 Å². The van der Waals surface area contributed by atoms with Gasteiger partial charge in [-0.15, -0.1) is 11.3 Å². The number of hydrogen-bond acceptors (Lipinski definition) is 2. The molecule has 0 unspecified atom stereocenters. The molecule has 0 N–H and O–H groups in total. The molecule has 0 amide bonds. The van der Waals surface area contributed by atoms with Gasteiger partial charge < -0.3 is 0 Å². The van der Waals surface area contributed by atoms with Gasteiger partial charge >= 0.3 is 0 Å². The van der Waals surface area contributed by atoms with Crippen LogP contribution in [0.25, 0.3) is 0 Å². The van der Waals surface area contributed by atoms with Gasteiger partial charge in [0.05, 0.1) is 9.90 Å². The number of halogens is 6. The highest BCUT2D eigenvalue weighted by Gasteiger charge is 2.29. The Morgan fingerprint density at radius 2 is 1.45 bits per heavy atom. The minimum Gasteiger partial charge on any atom is -0.294 e. The zero-order valence-electron chi connectivity index (χ0n) is 9.45. The molecule has 0 aliphatic rings. The largest absolute Gasteiger partial charge is 0.294 e. The lowest BCUT2D eigenvalue weighted by molar-refractivity contribution is 0.0982. The first-order valence-electron chi connectivity index (χ1n) is 5.11. The van der Waals surface area contributed by atoms with Crippen LogP contribution in [-0.2, 0) is 6.42 Å². The van der Waals surface area contributed by atoms with Crippen molar-refractivity contribution in [3.05, 3.63) is 56.0 Å². The summed E-state index contributed by atoms with van der Waals surface area (Å²) in [6, 6.07) is 2.88. The molecule has 0 radical (unpaired) electrons. The van der Waals surface area contributed by atoms with Crippen molar-refractivity contribution in [2.45, 2.75) is 6.42 Å². The lowest BCUT2D eigenvalue weighted by Crippen LogP contribution is -2.14. The van der Waals surface area contributed by atoms with E-state index >= 15 is 0 Å². The Labute approximate surface area is 118 Å². The fraction of sp³-hybridized carbons (Fsp3) is 0.0833. The molecule has 0 saturated carbocycles. The Balaban J connectivity index is 2.45. The number of carbonyl (C=O) groups is 1. The first-order valence-corrected chi connectivity index (χ1v) is 6.31. The summed E-state index contributed by atoms with van der Waals surface area (Å²) >= 11 is 6.59. The van der Waals surface area contributed by atoms with E-state index in [0.717, 1.165) is 11.3 Å². The molecule has 2 rings (SSSR count). The van der Waals surface area contributed by atoms with Gasteiger partial charge in [0.15, 0.2) is 29.1 Å². The van der Waals surface area contributed by atoms with Gasteiger partial charge in [-0.2, -0.15) is 0 Å². The highest BCUT2D eigenvalue weighted by Crippen LogP contribution is 2.26. The number of thiophene rings is 1. The summed E-state index contributed by atoms with van der Waals surface area (Å²) in [6.07, 6.45) is -0.504. The van der Waals surface area contributed by atoms with E-state index in [2.05, 4.69) is 0 Å². The maximum absolute atomic E-state index is 13.4. The third-order valence-corrected chi connectivity index (χ3v) is 3.68. The van der Waals surface area contributed by atoms with Crippen LogP contribution in [0.4, 0.5) is 22.0 Å². The second-order valence-electron chi connectivity index (χ2n) is 3.75. The maximum Gasteiger partial charge on any atom is 0.200 e. The number of carbonyl (C=O) groups excluding carboxylic acids is 1. The Hall–Kier alpha value is -1.47. The predicted molar refractivity (Wildman–Crippen MR) is 63.6 cm³/mol. The summed E-state index contributed by atoms with van der Waals surface area (Å²) < 4.78 is 65.9. The Bertz CT molecular complexity index is 668. The summed E-state index contributed by atoms with van der Waals surface area (Å²) in [5.74, 6) is -12.1. The van der Waals surface area contributed by atoms with Crippen molar-refractivity contribution in [2.24, 2.45) is 0 Å². The normalized spacial score (nSPS) is 10.9. The molecule has 0 spiro atoms. The summed E-state index contributed by atoms with van der Waals surface area (Å²) in [5, 5.41) is 0. The smallest absolute Gasteiger partial charge is 0.200 e. The van der Waals surface area contributed by atoms with Crippen molar-refractivity contribution < 1.29 is 26.7 Å². The average Bonchev–Trinajstić information content (AvgIpc) is 2.79. The first-order chi connectivity index (χ1) is 9.32. The van der Waals surface area contributed by atoms with Gasteiger partial charge in [-0.1, -0.05) is 11.6 Å². The van der Waals surface area contributed by atoms with Crippen LogP contribution in [0.1, 0.15) is 15.2 Å². The van der Waals surface area contributed by atoms with Crippen molar-refractivity contribution >= 4 is 28.7 Å². The van der Waals surface area contributed by atoms with E-state index < -0.39 is 46.9 Å². The zero-order valence-corrected chi connectivity index (χ0v) is 11.0. The van der Waals surface area contributed by atoms with Crippen LogP contribution in [0.5, 0.6) is 0 Å². The molecular weight excluding hydrogens is 323 g/mol. The molecule has 1 nitrogen and oxygen atoms in total. The van der Waals surface area contributed by atoms with Crippen molar-refractivity contribution in [1.29, 1.82) is 0 Å². The summed E-state index contributed by atoms with van der Waals surface area (Å²) in [7, 11) is 0. The summed E-state index contributed by atoms with van der Waals surface area (Å²) in [4.78, 5) is 12.1. The van der Waals surface area contributed by atoms with E-state index in [0.29, 0.717) is 9.21 Å². The lowest BCUT2D eigenvalue weighted by Gasteiger charge is -2.06. The molecule has 0 fully saturated rings. The predicted octanol–water partition coefficient (Wildman–Crippen LogP) is 4.52. The Kier molecular flexibility index (Phi) is 4.10. The molecule has 20 heavy (non-hydrogen) atoms. The number of ketones is 1. The molecule has 0 saturated heterocycles. The maximum atomic E-state index is 13.4. The number of hydrogen-bond donors (Lipinski definition) is 0. The molecule has 2 aromatic rings. The molecule has 0 aliphatic heterocycles. The Morgan fingerprint density at radius 3 is 1.90 bits per heavy atom. The minimum absolute atomic E-state index is 0.338.